The molecule has 64 valence electrons. The maximum absolute atomic E-state index is 4.20. The van der Waals surface area contributed by atoms with Crippen LogP contribution in [0.4, 0.5) is 0 Å². The molecule has 0 fully saturated rings. The summed E-state index contributed by atoms with van der Waals surface area (Å²) in [6.45, 7) is 0. The highest BCUT2D eigenvalue weighted by Gasteiger charge is 2.14. The molecular weight excluding hydrogens is 166 g/mol. The Balaban J connectivity index is 2.72. The summed E-state index contributed by atoms with van der Waals surface area (Å²) in [6.07, 6.45) is 7.32. The van der Waals surface area contributed by atoms with E-state index in [1.807, 2.05) is 45.5 Å². The van der Waals surface area contributed by atoms with E-state index in [2.05, 4.69) is 9.97 Å². The number of hydrogen-bond donors (Lipinski definition) is 0. The van der Waals surface area contributed by atoms with Gasteiger partial charge in [0.05, 0.1) is 19.4 Å². The van der Waals surface area contributed by atoms with E-state index in [0.29, 0.717) is 0 Å². The molecule has 0 aliphatic carbocycles. The van der Waals surface area contributed by atoms with Gasteiger partial charge in [0, 0.05) is 10.7 Å². The maximum Gasteiger partial charge on any atom is 0.230 e. The fourth-order valence-electron chi connectivity index (χ4n) is 1.60. The van der Waals surface area contributed by atoms with Crippen LogP contribution in [0, 0.1) is 0 Å². The highest BCUT2D eigenvalue weighted by molar-refractivity contribution is 5.67. The van der Waals surface area contributed by atoms with Gasteiger partial charge in [-0.3, -0.25) is 0 Å². The minimum Gasteiger partial charge on any atom is -0.242 e. The van der Waals surface area contributed by atoms with Crippen LogP contribution < -0.4 is 4.63 Å². The molecule has 0 unspecified atom stereocenters. The molecule has 0 N–H and O–H groups in total. The van der Waals surface area contributed by atoms with Gasteiger partial charge in [0.25, 0.3) is 0 Å². The molecule has 0 radical (unpaired) electrons. The molecule has 0 saturated heterocycles. The van der Waals surface area contributed by atoms with Gasteiger partial charge in [0.1, 0.15) is 6.33 Å². The van der Waals surface area contributed by atoms with E-state index in [4.69, 9.17) is 0 Å². The van der Waals surface area contributed by atoms with Crippen LogP contribution in [0.2, 0.25) is 0 Å². The second-order valence-corrected chi connectivity index (χ2v) is 2.91. The largest absolute Gasteiger partial charge is 0.242 e. The van der Waals surface area contributed by atoms with Gasteiger partial charge in [-0.2, -0.15) is 0 Å². The Kier molecular flexibility index (Phi) is 1.05. The van der Waals surface area contributed by atoms with Gasteiger partial charge in [-0.05, 0) is 0 Å². The van der Waals surface area contributed by atoms with Crippen LogP contribution in [0.5, 0.6) is 0 Å². The van der Waals surface area contributed by atoms with Gasteiger partial charge in [0.2, 0.25) is 11.8 Å². The third kappa shape index (κ3) is 0.683. The molecular formula is C8H8N5+. The summed E-state index contributed by atoms with van der Waals surface area (Å²) in [5.74, 6) is 0. The Morgan fingerprint density at radius 1 is 1.46 bits per heavy atom. The Labute approximate surface area is 73.8 Å². The first kappa shape index (κ1) is 6.59. The normalized spacial score (nSPS) is 11.5. The highest BCUT2D eigenvalue weighted by atomic mass is 15.5. The molecule has 0 spiro atoms. The predicted octanol–water partition coefficient (Wildman–Crippen LogP) is -0.194. The number of aryl methyl sites for hydroxylation is 1. The lowest BCUT2D eigenvalue weighted by Crippen LogP contribution is -2.33. The van der Waals surface area contributed by atoms with Crippen molar-refractivity contribution in [3.05, 3.63) is 31.0 Å². The fraction of sp³-hybridized carbons (Fsp3) is 0.125. The first-order valence-corrected chi connectivity index (χ1v) is 4.01. The van der Waals surface area contributed by atoms with Crippen molar-refractivity contribution in [2.45, 2.75) is 0 Å². The van der Waals surface area contributed by atoms with Crippen LogP contribution in [0.25, 0.3) is 11.2 Å². The van der Waals surface area contributed by atoms with Crippen LogP contribution >= 0.6 is 0 Å². The van der Waals surface area contributed by atoms with Crippen molar-refractivity contribution in [2.75, 3.05) is 0 Å². The van der Waals surface area contributed by atoms with Crippen LogP contribution in [0.1, 0.15) is 0 Å². The van der Waals surface area contributed by atoms with Gasteiger partial charge in [-0.1, -0.05) is 4.52 Å². The van der Waals surface area contributed by atoms with Gasteiger partial charge in [-0.25, -0.2) is 9.97 Å². The lowest BCUT2D eigenvalue weighted by Gasteiger charge is -1.83. The standard InChI is InChI=1S/C8H8N5/c1-11-8-7(5-9-6-10-8)12-3-2-4-13(11)12/h2-6H,1H3/q+1. The van der Waals surface area contributed by atoms with Crippen LogP contribution in [-0.2, 0) is 7.05 Å². The minimum absolute atomic E-state index is 0.926. The zero-order chi connectivity index (χ0) is 8.84. The number of aromatic nitrogens is 5. The van der Waals surface area contributed by atoms with Gasteiger partial charge >= 0.3 is 0 Å². The van der Waals surface area contributed by atoms with E-state index in [9.17, 15) is 0 Å². The van der Waals surface area contributed by atoms with E-state index in [1.165, 1.54) is 0 Å². The van der Waals surface area contributed by atoms with Crippen molar-refractivity contribution in [2.24, 2.45) is 7.05 Å². The Morgan fingerprint density at radius 2 is 2.38 bits per heavy atom. The summed E-state index contributed by atoms with van der Waals surface area (Å²) in [4.78, 5) is 8.20. The number of fused-ring (bicyclic) bond motifs is 3. The van der Waals surface area contributed by atoms with Crippen LogP contribution in [0.15, 0.2) is 31.0 Å². The van der Waals surface area contributed by atoms with Gasteiger partial charge in [0.15, 0.2) is 5.52 Å². The zero-order valence-electron chi connectivity index (χ0n) is 7.12. The molecule has 5 nitrogen and oxygen atoms in total. The van der Waals surface area contributed by atoms with Crippen molar-refractivity contribution >= 4 is 11.2 Å². The molecule has 3 rings (SSSR count). The molecule has 0 atom stereocenters. The fourth-order valence-corrected chi connectivity index (χ4v) is 1.60. The average molecular weight is 174 g/mol. The molecule has 13 heavy (non-hydrogen) atoms. The lowest BCUT2D eigenvalue weighted by atomic mass is 10.5. The van der Waals surface area contributed by atoms with E-state index < -0.39 is 0 Å². The average Bonchev–Trinajstić information content (AvgIpc) is 2.72. The first-order valence-electron chi connectivity index (χ1n) is 4.01. The summed E-state index contributed by atoms with van der Waals surface area (Å²) in [5.41, 5.74) is 1.94. The smallest absolute Gasteiger partial charge is 0.230 e. The highest BCUT2D eigenvalue weighted by Crippen LogP contribution is 2.04. The quantitative estimate of drug-likeness (QED) is 0.443. The Bertz CT molecular complexity index is 576. The molecule has 0 amide bonds. The molecule has 0 bridgehead atoms. The van der Waals surface area contributed by atoms with Gasteiger partial charge < -0.3 is 0 Å². The molecule has 0 saturated carbocycles. The minimum atomic E-state index is 0.926. The monoisotopic (exact) mass is 174 g/mol. The molecule has 3 heterocycles. The van der Waals surface area contributed by atoms with Gasteiger partial charge in [-0.15, -0.1) is 4.68 Å². The van der Waals surface area contributed by atoms with E-state index in [0.717, 1.165) is 11.2 Å². The molecule has 5 heteroatoms. The van der Waals surface area contributed by atoms with E-state index >= 15 is 0 Å². The summed E-state index contributed by atoms with van der Waals surface area (Å²) >= 11 is 0. The van der Waals surface area contributed by atoms with Crippen LogP contribution in [-0.4, -0.2) is 19.2 Å². The molecule has 0 aliphatic rings. The molecule has 3 aromatic rings. The van der Waals surface area contributed by atoms with E-state index in [-0.39, 0.29) is 0 Å². The lowest BCUT2D eigenvalue weighted by molar-refractivity contribution is -0.694. The van der Waals surface area contributed by atoms with Crippen molar-refractivity contribution in [3.8, 4) is 0 Å². The van der Waals surface area contributed by atoms with Crippen LogP contribution in [0.3, 0.4) is 0 Å². The summed E-state index contributed by atoms with van der Waals surface area (Å²) in [6, 6.07) is 1.98. The second-order valence-electron chi connectivity index (χ2n) is 2.91. The Morgan fingerprint density at radius 3 is 3.31 bits per heavy atom. The molecule has 0 aromatic carbocycles. The van der Waals surface area contributed by atoms with E-state index in [1.54, 1.807) is 6.33 Å². The van der Waals surface area contributed by atoms with Crippen molar-refractivity contribution in [3.63, 3.8) is 0 Å². The summed E-state index contributed by atoms with van der Waals surface area (Å²) in [5, 5.41) is 0. The SMILES string of the molecule is Cn1c2ncncc2n2ccc[n+]12. The molecule has 3 aromatic heterocycles. The number of hydrogen-bond acceptors (Lipinski definition) is 2. The van der Waals surface area contributed by atoms with Crippen molar-refractivity contribution in [1.82, 2.24) is 19.2 Å². The second kappa shape index (κ2) is 2.07. The number of rotatable bonds is 0. The summed E-state index contributed by atoms with van der Waals surface area (Å²) < 4.78 is 5.94. The zero-order valence-corrected chi connectivity index (χ0v) is 7.12. The maximum atomic E-state index is 4.20. The summed E-state index contributed by atoms with van der Waals surface area (Å²) in [7, 11) is 1.97. The topological polar surface area (TPSA) is 39.2 Å². The Hall–Kier alpha value is -1.91. The molecule has 0 aliphatic heterocycles. The number of nitrogens with zero attached hydrogens (tertiary/aromatic N) is 5. The first-order chi connectivity index (χ1) is 6.38. The van der Waals surface area contributed by atoms with Crippen molar-refractivity contribution in [1.29, 1.82) is 0 Å². The third-order valence-electron chi connectivity index (χ3n) is 2.20. The predicted molar refractivity (Wildman–Crippen MR) is 45.1 cm³/mol. The third-order valence-corrected chi connectivity index (χ3v) is 2.20. The van der Waals surface area contributed by atoms with Crippen molar-refractivity contribution < 1.29 is 4.63 Å².